The number of rotatable bonds is 12. The number of nitrogens with one attached hydrogen (secondary N) is 2. The number of carbonyl (C=O) groups excluding carboxylic acids is 4. The van der Waals surface area contributed by atoms with Crippen LogP contribution in [0.15, 0.2) is 24.3 Å². The lowest BCUT2D eigenvalue weighted by atomic mass is 10.0. The van der Waals surface area contributed by atoms with Crippen molar-refractivity contribution >= 4 is 23.8 Å². The lowest BCUT2D eigenvalue weighted by molar-refractivity contribution is -0.139. The second-order valence-corrected chi connectivity index (χ2v) is 9.20. The fraction of sp³-hybridized carbons (Fsp3) is 0.538. The summed E-state index contributed by atoms with van der Waals surface area (Å²) in [6.07, 6.45) is 7.76. The molecule has 0 saturated carbocycles. The van der Waals surface area contributed by atoms with Crippen molar-refractivity contribution in [3.05, 3.63) is 35.4 Å². The van der Waals surface area contributed by atoms with Crippen molar-refractivity contribution in [3.63, 3.8) is 0 Å². The zero-order valence-corrected chi connectivity index (χ0v) is 21.3. The molecule has 0 saturated heterocycles. The van der Waals surface area contributed by atoms with Gasteiger partial charge < -0.3 is 21.1 Å². The number of amides is 4. The molecule has 0 heterocycles. The molecule has 0 radical (unpaired) electrons. The van der Waals surface area contributed by atoms with Crippen LogP contribution in [0.5, 0.6) is 0 Å². The van der Waals surface area contributed by atoms with Gasteiger partial charge in [-0.25, -0.2) is 4.79 Å². The van der Waals surface area contributed by atoms with E-state index in [-0.39, 0.29) is 0 Å². The maximum atomic E-state index is 13.5. The predicted molar refractivity (Wildman–Crippen MR) is 134 cm³/mol. The van der Waals surface area contributed by atoms with Gasteiger partial charge in [0, 0.05) is 12.6 Å². The van der Waals surface area contributed by atoms with Crippen LogP contribution in [0.4, 0.5) is 4.79 Å². The Balaban J connectivity index is 3.31. The van der Waals surface area contributed by atoms with E-state index in [1.807, 2.05) is 19.1 Å². The number of hydrogen-bond acceptors (Lipinski definition) is 5. The van der Waals surface area contributed by atoms with Gasteiger partial charge in [0.1, 0.15) is 17.7 Å². The number of primary amides is 1. The van der Waals surface area contributed by atoms with Crippen LogP contribution >= 0.6 is 0 Å². The summed E-state index contributed by atoms with van der Waals surface area (Å²) >= 11 is 0. The third kappa shape index (κ3) is 10.1. The highest BCUT2D eigenvalue weighted by atomic mass is 16.6. The molecule has 0 bridgehead atoms. The minimum Gasteiger partial charge on any atom is -0.444 e. The zero-order valence-electron chi connectivity index (χ0n) is 21.3. The van der Waals surface area contributed by atoms with Crippen LogP contribution in [0, 0.1) is 12.5 Å². The van der Waals surface area contributed by atoms with Gasteiger partial charge in [0.05, 0.1) is 6.42 Å². The van der Waals surface area contributed by atoms with E-state index in [9.17, 15) is 19.2 Å². The molecule has 1 aromatic rings. The first kappa shape index (κ1) is 29.5. The first-order chi connectivity index (χ1) is 16.4. The molecular formula is C26H38N4O5. The van der Waals surface area contributed by atoms with Crippen molar-refractivity contribution in [2.24, 2.45) is 5.73 Å². The van der Waals surface area contributed by atoms with E-state index in [4.69, 9.17) is 16.9 Å². The van der Waals surface area contributed by atoms with Crippen molar-refractivity contribution in [2.45, 2.75) is 84.4 Å². The van der Waals surface area contributed by atoms with E-state index < -0.39 is 47.9 Å². The quantitative estimate of drug-likeness (QED) is 0.238. The Bertz CT molecular complexity index is 915. The highest BCUT2D eigenvalue weighted by Gasteiger charge is 2.36. The Morgan fingerprint density at radius 2 is 1.74 bits per heavy atom. The van der Waals surface area contributed by atoms with Crippen LogP contribution in [0.3, 0.4) is 0 Å². The topological polar surface area (TPSA) is 131 Å². The Kier molecular flexibility index (Phi) is 11.8. The molecule has 192 valence electrons. The van der Waals surface area contributed by atoms with E-state index in [0.29, 0.717) is 12.1 Å². The molecular weight excluding hydrogens is 448 g/mol. The highest BCUT2D eigenvalue weighted by molar-refractivity contribution is 5.95. The van der Waals surface area contributed by atoms with Crippen LogP contribution in [0.25, 0.3) is 0 Å². The number of carbonyl (C=O) groups is 4. The van der Waals surface area contributed by atoms with Crippen molar-refractivity contribution in [2.75, 3.05) is 6.54 Å². The molecule has 9 heteroatoms. The summed E-state index contributed by atoms with van der Waals surface area (Å²) in [7, 11) is 0. The van der Waals surface area contributed by atoms with E-state index >= 15 is 0 Å². The standard InChI is InChI=1S/C26H38N4O5/c1-7-10-11-16-28-23(32)22(19-14-12-18(8-2)13-15-19)30(9-3)24(33)20(17-21(27)31)29-25(34)35-26(4,5)6/h3,12-15,20,22H,7-8,10-11,16-17H2,1-2,4-6H3,(H2,27,31)(H,28,32)(H,29,34). The minimum atomic E-state index is -1.41. The number of nitrogens with two attached hydrogens (primary N) is 1. The summed E-state index contributed by atoms with van der Waals surface area (Å²) < 4.78 is 5.20. The second-order valence-electron chi connectivity index (χ2n) is 9.20. The molecule has 0 aromatic heterocycles. The van der Waals surface area contributed by atoms with Crippen LogP contribution in [0.1, 0.15) is 77.5 Å². The second kappa shape index (κ2) is 14.0. The number of alkyl carbamates (subject to hydrolysis) is 1. The van der Waals surface area contributed by atoms with Crippen molar-refractivity contribution in [1.82, 2.24) is 15.5 Å². The fourth-order valence-electron chi connectivity index (χ4n) is 3.32. The van der Waals surface area contributed by atoms with Crippen molar-refractivity contribution < 1.29 is 23.9 Å². The maximum Gasteiger partial charge on any atom is 0.408 e. The molecule has 0 aliphatic carbocycles. The Morgan fingerprint density at radius 3 is 2.23 bits per heavy atom. The first-order valence-electron chi connectivity index (χ1n) is 11.9. The summed E-state index contributed by atoms with van der Waals surface area (Å²) in [6.45, 7) is 9.44. The third-order valence-electron chi connectivity index (χ3n) is 5.06. The molecule has 0 fully saturated rings. The van der Waals surface area contributed by atoms with Gasteiger partial charge in [0.15, 0.2) is 0 Å². The molecule has 2 atom stereocenters. The van der Waals surface area contributed by atoms with Gasteiger partial charge in [-0.3, -0.25) is 19.3 Å². The lowest BCUT2D eigenvalue weighted by Gasteiger charge is -2.30. The maximum absolute atomic E-state index is 13.5. The monoisotopic (exact) mass is 486 g/mol. The van der Waals surface area contributed by atoms with E-state index in [1.54, 1.807) is 32.9 Å². The molecule has 0 aliphatic heterocycles. The van der Waals surface area contributed by atoms with Gasteiger partial charge in [-0.15, -0.1) is 0 Å². The summed E-state index contributed by atoms with van der Waals surface area (Å²) in [4.78, 5) is 51.6. The number of nitrogens with zero attached hydrogens (tertiary/aromatic N) is 1. The number of hydrogen-bond donors (Lipinski definition) is 3. The average molecular weight is 487 g/mol. The normalized spacial score (nSPS) is 12.6. The molecule has 4 N–H and O–H groups in total. The molecule has 9 nitrogen and oxygen atoms in total. The van der Waals surface area contributed by atoms with Crippen LogP contribution in [-0.2, 0) is 25.5 Å². The number of aryl methyl sites for hydroxylation is 1. The van der Waals surface area contributed by atoms with Gasteiger partial charge in [-0.05, 0) is 44.7 Å². The molecule has 0 aliphatic rings. The van der Waals surface area contributed by atoms with Crippen LogP contribution in [-0.4, -0.2) is 46.9 Å². The Labute approximate surface area is 208 Å². The largest absolute Gasteiger partial charge is 0.444 e. The van der Waals surface area contributed by atoms with E-state index in [1.165, 1.54) is 0 Å². The smallest absolute Gasteiger partial charge is 0.408 e. The molecule has 2 unspecified atom stereocenters. The van der Waals surface area contributed by atoms with Crippen LogP contribution in [0.2, 0.25) is 0 Å². The van der Waals surface area contributed by atoms with Crippen LogP contribution < -0.4 is 16.4 Å². The summed E-state index contributed by atoms with van der Waals surface area (Å²) in [5.74, 6) is -2.12. The highest BCUT2D eigenvalue weighted by Crippen LogP contribution is 2.23. The molecule has 1 aromatic carbocycles. The van der Waals surface area contributed by atoms with Gasteiger partial charge in [-0.1, -0.05) is 57.4 Å². The lowest BCUT2D eigenvalue weighted by Crippen LogP contribution is -2.52. The zero-order chi connectivity index (χ0) is 26.6. The van der Waals surface area contributed by atoms with E-state index in [0.717, 1.165) is 36.1 Å². The van der Waals surface area contributed by atoms with Gasteiger partial charge in [0.25, 0.3) is 5.91 Å². The first-order valence-corrected chi connectivity index (χ1v) is 11.9. The summed E-state index contributed by atoms with van der Waals surface area (Å²) in [6, 6.07) is 6.85. The molecule has 4 amide bonds. The summed E-state index contributed by atoms with van der Waals surface area (Å²) in [5, 5.41) is 5.20. The van der Waals surface area contributed by atoms with Gasteiger partial charge in [0.2, 0.25) is 11.8 Å². The molecule has 1 rings (SSSR count). The number of terminal acetylenes is 1. The number of ether oxygens (including phenoxy) is 1. The minimum absolute atomic E-state index is 0.420. The number of benzene rings is 1. The van der Waals surface area contributed by atoms with Crippen molar-refractivity contribution in [1.29, 1.82) is 0 Å². The predicted octanol–water partition coefficient (Wildman–Crippen LogP) is 2.78. The number of unbranched alkanes of at least 4 members (excludes halogenated alkanes) is 2. The Morgan fingerprint density at radius 1 is 1.11 bits per heavy atom. The average Bonchev–Trinajstić information content (AvgIpc) is 2.77. The summed E-state index contributed by atoms with van der Waals surface area (Å²) in [5.41, 5.74) is 6.03. The Hall–Kier alpha value is -3.54. The molecule has 0 spiro atoms. The SMILES string of the molecule is C#CN(C(=O)C(CC(N)=O)NC(=O)OC(C)(C)C)C(C(=O)NCCCCC)c1ccc(CC)cc1. The third-order valence-corrected chi connectivity index (χ3v) is 5.06. The van der Waals surface area contributed by atoms with Gasteiger partial charge >= 0.3 is 6.09 Å². The molecule has 35 heavy (non-hydrogen) atoms. The van der Waals surface area contributed by atoms with E-state index in [2.05, 4.69) is 23.6 Å². The van der Waals surface area contributed by atoms with Crippen molar-refractivity contribution in [3.8, 4) is 12.5 Å². The fourth-order valence-corrected chi connectivity index (χ4v) is 3.32. The van der Waals surface area contributed by atoms with Gasteiger partial charge in [-0.2, -0.15) is 0 Å².